The minimum Gasteiger partial charge on any atom is -0.384 e. The standard InChI is InChI=1S/C16H14Cl2N4O.C5H6N6/c1-3-13-21-15-10(18)5-4-9(17)14(15)16(23)22(13)11-7-20-12(19)6-8(11)2;6-1-2-3(7)10-5(9)11-4(2)8/h4-7H,3H2,1-2H3,(H2,19,20);(H6,7,8,9,10,11). The van der Waals surface area contributed by atoms with Crippen LogP contribution in [0.3, 0.4) is 0 Å². The molecule has 3 aromatic heterocycles. The Bertz CT molecular complexity index is 1490. The highest BCUT2D eigenvalue weighted by atomic mass is 35.5. The monoisotopic (exact) mass is 498 g/mol. The summed E-state index contributed by atoms with van der Waals surface area (Å²) in [5.41, 5.74) is 23.2. The summed E-state index contributed by atoms with van der Waals surface area (Å²) in [4.78, 5) is 28.8. The van der Waals surface area contributed by atoms with Crippen molar-refractivity contribution in [2.45, 2.75) is 20.3 Å². The van der Waals surface area contributed by atoms with E-state index in [9.17, 15) is 4.79 Å². The summed E-state index contributed by atoms with van der Waals surface area (Å²) in [6.07, 6.45) is 2.12. The molecule has 4 rings (SSSR count). The lowest BCUT2D eigenvalue weighted by atomic mass is 10.2. The number of nitrogens with two attached hydrogens (primary N) is 4. The van der Waals surface area contributed by atoms with Gasteiger partial charge in [0.15, 0.2) is 0 Å². The fraction of sp³-hybridized carbons (Fsp3) is 0.143. The fourth-order valence-corrected chi connectivity index (χ4v) is 3.61. The lowest BCUT2D eigenvalue weighted by Gasteiger charge is -2.15. The van der Waals surface area contributed by atoms with Gasteiger partial charge in [-0.3, -0.25) is 9.36 Å². The topological polar surface area (TPSA) is 201 Å². The van der Waals surface area contributed by atoms with E-state index in [0.717, 1.165) is 5.56 Å². The normalized spacial score (nSPS) is 10.4. The van der Waals surface area contributed by atoms with E-state index in [1.807, 2.05) is 13.8 Å². The zero-order valence-electron chi connectivity index (χ0n) is 18.2. The van der Waals surface area contributed by atoms with Gasteiger partial charge < -0.3 is 22.9 Å². The number of pyridine rings is 1. The van der Waals surface area contributed by atoms with Gasteiger partial charge in [-0.25, -0.2) is 9.97 Å². The molecule has 0 spiro atoms. The maximum atomic E-state index is 13.0. The van der Waals surface area contributed by atoms with Crippen molar-refractivity contribution >= 4 is 57.5 Å². The first-order chi connectivity index (χ1) is 16.1. The van der Waals surface area contributed by atoms with E-state index in [2.05, 4.69) is 19.9 Å². The molecular formula is C21H20Cl2N10O. The van der Waals surface area contributed by atoms with Crippen LogP contribution in [-0.4, -0.2) is 24.5 Å². The van der Waals surface area contributed by atoms with Crippen LogP contribution in [0, 0.1) is 18.3 Å². The summed E-state index contributed by atoms with van der Waals surface area (Å²) in [6.45, 7) is 3.78. The zero-order valence-corrected chi connectivity index (χ0v) is 19.7. The van der Waals surface area contributed by atoms with Crippen molar-refractivity contribution in [3.8, 4) is 11.8 Å². The third kappa shape index (κ3) is 4.63. The summed E-state index contributed by atoms with van der Waals surface area (Å²) in [5.74, 6) is 0.975. The van der Waals surface area contributed by atoms with Gasteiger partial charge in [-0.15, -0.1) is 0 Å². The predicted octanol–water partition coefficient (Wildman–Crippen LogP) is 2.64. The van der Waals surface area contributed by atoms with Crippen molar-refractivity contribution in [3.05, 3.63) is 61.7 Å². The summed E-state index contributed by atoms with van der Waals surface area (Å²) >= 11 is 12.4. The number of halogens is 2. The SMILES string of the molecule is CCc1nc2c(Cl)ccc(Cl)c2c(=O)n1-c1cnc(N)cc1C.N#Cc1c(N)nc(N)nc1N. The van der Waals surface area contributed by atoms with Gasteiger partial charge in [0.05, 0.1) is 32.8 Å². The Morgan fingerprint density at radius 3 is 2.24 bits per heavy atom. The quantitative estimate of drug-likeness (QED) is 0.317. The molecule has 0 unspecified atom stereocenters. The Morgan fingerprint density at radius 2 is 1.68 bits per heavy atom. The van der Waals surface area contributed by atoms with E-state index in [0.29, 0.717) is 44.7 Å². The second-order valence-electron chi connectivity index (χ2n) is 7.01. The van der Waals surface area contributed by atoms with E-state index in [4.69, 9.17) is 51.4 Å². The van der Waals surface area contributed by atoms with Crippen LogP contribution in [0.25, 0.3) is 16.6 Å². The first-order valence-electron chi connectivity index (χ1n) is 9.79. The third-order valence-electron chi connectivity index (χ3n) is 4.75. The van der Waals surface area contributed by atoms with Crippen LogP contribution in [-0.2, 0) is 6.42 Å². The molecule has 0 aliphatic heterocycles. The molecule has 34 heavy (non-hydrogen) atoms. The number of hydrogen-bond acceptors (Lipinski definition) is 10. The highest BCUT2D eigenvalue weighted by molar-refractivity contribution is 6.39. The Labute approximate surface area is 204 Å². The van der Waals surface area contributed by atoms with Gasteiger partial charge >= 0.3 is 0 Å². The van der Waals surface area contributed by atoms with Crippen molar-refractivity contribution in [2.75, 3.05) is 22.9 Å². The molecule has 11 nitrogen and oxygen atoms in total. The highest BCUT2D eigenvalue weighted by Crippen LogP contribution is 2.27. The first kappa shape index (κ1) is 24.5. The van der Waals surface area contributed by atoms with E-state index >= 15 is 0 Å². The third-order valence-corrected chi connectivity index (χ3v) is 5.37. The molecule has 0 bridgehead atoms. The lowest BCUT2D eigenvalue weighted by Crippen LogP contribution is -2.25. The van der Waals surface area contributed by atoms with Crippen LogP contribution >= 0.6 is 23.2 Å². The van der Waals surface area contributed by atoms with Crippen molar-refractivity contribution < 1.29 is 0 Å². The molecule has 8 N–H and O–H groups in total. The van der Waals surface area contributed by atoms with Crippen molar-refractivity contribution in [2.24, 2.45) is 0 Å². The van der Waals surface area contributed by atoms with E-state index < -0.39 is 0 Å². The predicted molar refractivity (Wildman–Crippen MR) is 134 cm³/mol. The lowest BCUT2D eigenvalue weighted by molar-refractivity contribution is 0.825. The molecular weight excluding hydrogens is 479 g/mol. The second kappa shape index (κ2) is 9.78. The summed E-state index contributed by atoms with van der Waals surface area (Å²) in [6, 6.07) is 6.71. The number of fused-ring (bicyclic) bond motifs is 1. The Hall–Kier alpha value is -4.14. The Morgan fingerprint density at radius 1 is 1.06 bits per heavy atom. The molecule has 0 aliphatic carbocycles. The van der Waals surface area contributed by atoms with E-state index in [1.54, 1.807) is 30.5 Å². The number of aromatic nitrogens is 5. The number of benzene rings is 1. The number of nitriles is 1. The van der Waals surface area contributed by atoms with Gasteiger partial charge in [-0.1, -0.05) is 30.1 Å². The van der Waals surface area contributed by atoms with Crippen LogP contribution in [0.5, 0.6) is 0 Å². The maximum Gasteiger partial charge on any atom is 0.267 e. The molecule has 0 fully saturated rings. The molecule has 174 valence electrons. The van der Waals surface area contributed by atoms with Gasteiger partial charge in [0.25, 0.3) is 5.56 Å². The number of hydrogen-bond donors (Lipinski definition) is 4. The van der Waals surface area contributed by atoms with E-state index in [-0.39, 0.29) is 28.7 Å². The van der Waals surface area contributed by atoms with Crippen LogP contribution in [0.15, 0.2) is 29.2 Å². The Balaban J connectivity index is 0.000000248. The molecule has 3 heterocycles. The largest absolute Gasteiger partial charge is 0.384 e. The van der Waals surface area contributed by atoms with E-state index in [1.165, 1.54) is 4.57 Å². The molecule has 13 heteroatoms. The van der Waals surface area contributed by atoms with Crippen molar-refractivity contribution in [1.29, 1.82) is 5.26 Å². The molecule has 0 atom stereocenters. The molecule has 4 aromatic rings. The van der Waals surface area contributed by atoms with Crippen LogP contribution < -0.4 is 28.5 Å². The average Bonchev–Trinajstić information content (AvgIpc) is 2.76. The maximum absolute atomic E-state index is 13.0. The van der Waals surface area contributed by atoms with Crippen molar-refractivity contribution in [3.63, 3.8) is 0 Å². The molecule has 0 amide bonds. The zero-order chi connectivity index (χ0) is 25.2. The number of rotatable bonds is 2. The number of anilines is 4. The molecule has 0 aliphatic rings. The van der Waals surface area contributed by atoms with Gasteiger partial charge in [-0.2, -0.15) is 15.2 Å². The summed E-state index contributed by atoms with van der Waals surface area (Å²) in [7, 11) is 0. The molecule has 0 radical (unpaired) electrons. The highest BCUT2D eigenvalue weighted by Gasteiger charge is 2.17. The van der Waals surface area contributed by atoms with Gasteiger partial charge in [0.1, 0.15) is 34.9 Å². The second-order valence-corrected chi connectivity index (χ2v) is 7.82. The molecule has 1 aromatic carbocycles. The smallest absolute Gasteiger partial charge is 0.267 e. The minimum atomic E-state index is -0.269. The number of nitrogens with zero attached hydrogens (tertiary/aromatic N) is 6. The average molecular weight is 499 g/mol. The molecule has 0 saturated heterocycles. The summed E-state index contributed by atoms with van der Waals surface area (Å²) < 4.78 is 1.52. The Kier molecular flexibility index (Phi) is 7.05. The first-order valence-corrected chi connectivity index (χ1v) is 10.5. The minimum absolute atomic E-state index is 0.0116. The fourth-order valence-electron chi connectivity index (χ4n) is 3.18. The van der Waals surface area contributed by atoms with Gasteiger partial charge in [-0.05, 0) is 30.7 Å². The molecule has 0 saturated carbocycles. The number of nitrogen functional groups attached to an aromatic ring is 4. The van der Waals surface area contributed by atoms with Gasteiger partial charge in [0.2, 0.25) is 5.95 Å². The number of aryl methyl sites for hydroxylation is 2. The van der Waals surface area contributed by atoms with Gasteiger partial charge in [0, 0.05) is 6.42 Å². The van der Waals surface area contributed by atoms with Crippen LogP contribution in [0.2, 0.25) is 10.0 Å². The van der Waals surface area contributed by atoms with Crippen molar-refractivity contribution in [1.82, 2.24) is 24.5 Å². The van der Waals surface area contributed by atoms with Crippen LogP contribution in [0.1, 0.15) is 23.9 Å². The summed E-state index contributed by atoms with van der Waals surface area (Å²) in [5, 5.41) is 9.48. The van der Waals surface area contributed by atoms with Crippen LogP contribution in [0.4, 0.5) is 23.4 Å².